The second-order valence-corrected chi connectivity index (χ2v) is 8.64. The van der Waals surface area contributed by atoms with Crippen molar-refractivity contribution in [2.45, 2.75) is 59.1 Å². The first-order valence-corrected chi connectivity index (χ1v) is 9.71. The Morgan fingerprint density at radius 1 is 1.29 bits per heavy atom. The van der Waals surface area contributed by atoms with Crippen molar-refractivity contribution in [3.8, 4) is 0 Å². The molecule has 1 unspecified atom stereocenters. The van der Waals surface area contributed by atoms with Gasteiger partial charge in [0.1, 0.15) is 12.1 Å². The van der Waals surface area contributed by atoms with Gasteiger partial charge in [-0.2, -0.15) is 0 Å². The van der Waals surface area contributed by atoms with Crippen LogP contribution in [0.5, 0.6) is 0 Å². The van der Waals surface area contributed by atoms with E-state index in [-0.39, 0.29) is 48.6 Å². The van der Waals surface area contributed by atoms with Crippen molar-refractivity contribution in [2.24, 2.45) is 10.9 Å². The Bertz CT molecular complexity index is 532. The Balaban J connectivity index is 0.00000729. The summed E-state index contributed by atoms with van der Waals surface area (Å²) in [5, 5.41) is 6.65. The highest BCUT2D eigenvalue weighted by Crippen LogP contribution is 2.15. The van der Waals surface area contributed by atoms with Crippen LogP contribution >= 0.6 is 24.0 Å². The third-order valence-corrected chi connectivity index (χ3v) is 3.96. The average molecular weight is 511 g/mol. The van der Waals surface area contributed by atoms with E-state index in [0.717, 1.165) is 19.4 Å². The lowest BCUT2D eigenvalue weighted by Gasteiger charge is -2.35. The van der Waals surface area contributed by atoms with Gasteiger partial charge in [0.25, 0.3) is 0 Å². The first-order chi connectivity index (χ1) is 12.5. The van der Waals surface area contributed by atoms with Crippen molar-refractivity contribution in [2.75, 3.05) is 40.3 Å². The molecule has 1 atom stereocenters. The molecule has 1 heterocycles. The minimum Gasteiger partial charge on any atom is -0.444 e. The Kier molecular flexibility index (Phi) is 11.8. The van der Waals surface area contributed by atoms with E-state index in [2.05, 4.69) is 29.5 Å². The van der Waals surface area contributed by atoms with Crippen LogP contribution in [0.2, 0.25) is 0 Å². The SMILES string of the molecule is CC(C)CNC(=NCC(=O)N(C)C)NC1CCCN(C(=O)OC(C)(C)C)C1.I. The van der Waals surface area contributed by atoms with Gasteiger partial charge in [-0.3, -0.25) is 4.79 Å². The van der Waals surface area contributed by atoms with Crippen molar-refractivity contribution >= 4 is 41.9 Å². The molecule has 0 bridgehead atoms. The highest BCUT2D eigenvalue weighted by atomic mass is 127. The lowest BCUT2D eigenvalue weighted by molar-refractivity contribution is -0.127. The van der Waals surface area contributed by atoms with Crippen LogP contribution in [0.25, 0.3) is 0 Å². The number of piperidine rings is 1. The first-order valence-electron chi connectivity index (χ1n) is 9.71. The van der Waals surface area contributed by atoms with Gasteiger partial charge < -0.3 is 25.2 Å². The zero-order valence-electron chi connectivity index (χ0n) is 18.4. The lowest BCUT2D eigenvalue weighted by Crippen LogP contribution is -2.53. The molecule has 2 N–H and O–H groups in total. The smallest absolute Gasteiger partial charge is 0.410 e. The molecule has 2 amide bonds. The molecule has 0 aromatic carbocycles. The maximum Gasteiger partial charge on any atom is 0.410 e. The number of hydrogen-bond donors (Lipinski definition) is 2. The molecule has 28 heavy (non-hydrogen) atoms. The molecular weight excluding hydrogens is 473 g/mol. The summed E-state index contributed by atoms with van der Waals surface area (Å²) in [4.78, 5) is 31.8. The van der Waals surface area contributed by atoms with E-state index >= 15 is 0 Å². The van der Waals surface area contributed by atoms with Gasteiger partial charge in [0.15, 0.2) is 5.96 Å². The standard InChI is InChI=1S/C19H37N5O3.HI/c1-14(2)11-20-17(21-12-16(25)23(6)7)22-15-9-8-10-24(13-15)18(26)27-19(3,4)5;/h14-15H,8-13H2,1-7H3,(H2,20,21,22);1H. The molecule has 164 valence electrons. The number of carbonyl (C=O) groups excluding carboxylic acids is 2. The van der Waals surface area contributed by atoms with Gasteiger partial charge in [0, 0.05) is 39.8 Å². The van der Waals surface area contributed by atoms with Crippen LogP contribution in [0.1, 0.15) is 47.5 Å². The van der Waals surface area contributed by atoms with E-state index in [9.17, 15) is 9.59 Å². The number of amides is 2. The summed E-state index contributed by atoms with van der Waals surface area (Å²) >= 11 is 0. The molecule has 0 aromatic heterocycles. The maximum atomic E-state index is 12.3. The minimum absolute atomic E-state index is 0. The number of nitrogens with zero attached hydrogens (tertiary/aromatic N) is 3. The predicted octanol–water partition coefficient (Wildman–Crippen LogP) is 2.28. The van der Waals surface area contributed by atoms with Crippen LogP contribution in [-0.4, -0.2) is 79.7 Å². The third-order valence-electron chi connectivity index (χ3n) is 3.96. The number of hydrogen-bond acceptors (Lipinski definition) is 4. The molecule has 0 spiro atoms. The van der Waals surface area contributed by atoms with Crippen LogP contribution in [0, 0.1) is 5.92 Å². The van der Waals surface area contributed by atoms with E-state index in [1.54, 1.807) is 19.0 Å². The zero-order valence-corrected chi connectivity index (χ0v) is 20.7. The molecule has 0 aromatic rings. The predicted molar refractivity (Wildman–Crippen MR) is 123 cm³/mol. The van der Waals surface area contributed by atoms with E-state index in [0.29, 0.717) is 25.0 Å². The fraction of sp³-hybridized carbons (Fsp3) is 0.842. The molecule has 1 saturated heterocycles. The highest BCUT2D eigenvalue weighted by molar-refractivity contribution is 14.0. The van der Waals surface area contributed by atoms with Crippen molar-refractivity contribution in [3.63, 3.8) is 0 Å². The third kappa shape index (κ3) is 10.9. The summed E-state index contributed by atoms with van der Waals surface area (Å²) in [6, 6.07) is 0.0686. The number of guanidine groups is 1. The van der Waals surface area contributed by atoms with E-state index in [4.69, 9.17) is 4.74 Å². The summed E-state index contributed by atoms with van der Waals surface area (Å²) < 4.78 is 5.48. The number of nitrogens with one attached hydrogen (secondary N) is 2. The number of likely N-dealkylation sites (tertiary alicyclic amines) is 1. The van der Waals surface area contributed by atoms with Gasteiger partial charge >= 0.3 is 6.09 Å². The van der Waals surface area contributed by atoms with Gasteiger partial charge in [-0.15, -0.1) is 24.0 Å². The van der Waals surface area contributed by atoms with Crippen LogP contribution in [0.4, 0.5) is 4.79 Å². The molecule has 8 nitrogen and oxygen atoms in total. The second-order valence-electron chi connectivity index (χ2n) is 8.64. The van der Waals surface area contributed by atoms with Crippen molar-refractivity contribution < 1.29 is 14.3 Å². The normalized spacial score (nSPS) is 17.6. The Labute approximate surface area is 186 Å². The van der Waals surface area contributed by atoms with Crippen molar-refractivity contribution in [3.05, 3.63) is 0 Å². The summed E-state index contributed by atoms with van der Waals surface area (Å²) in [5.41, 5.74) is -0.505. The highest BCUT2D eigenvalue weighted by Gasteiger charge is 2.28. The number of aliphatic imine (C=N–C) groups is 1. The van der Waals surface area contributed by atoms with E-state index < -0.39 is 5.60 Å². The number of likely N-dealkylation sites (N-methyl/N-ethyl adjacent to an activating group) is 1. The van der Waals surface area contributed by atoms with Gasteiger partial charge in [-0.25, -0.2) is 9.79 Å². The molecule has 1 aliphatic rings. The molecule has 0 radical (unpaired) electrons. The summed E-state index contributed by atoms with van der Waals surface area (Å²) in [6.07, 6.45) is 1.54. The Morgan fingerprint density at radius 3 is 2.46 bits per heavy atom. The topological polar surface area (TPSA) is 86.3 Å². The molecular formula is C19H38IN5O3. The summed E-state index contributed by atoms with van der Waals surface area (Å²) in [5.74, 6) is 1.00. The number of halogens is 1. The summed E-state index contributed by atoms with van der Waals surface area (Å²) in [6.45, 7) is 11.9. The monoisotopic (exact) mass is 511 g/mol. The van der Waals surface area contributed by atoms with Gasteiger partial charge in [0.2, 0.25) is 5.91 Å². The van der Waals surface area contributed by atoms with Gasteiger partial charge in [-0.1, -0.05) is 13.8 Å². The first kappa shape index (κ1) is 26.7. The molecule has 1 aliphatic heterocycles. The van der Waals surface area contributed by atoms with Crippen LogP contribution in [-0.2, 0) is 9.53 Å². The van der Waals surface area contributed by atoms with Crippen molar-refractivity contribution in [1.82, 2.24) is 20.4 Å². The molecule has 1 rings (SSSR count). The fourth-order valence-corrected chi connectivity index (χ4v) is 2.52. The molecule has 0 saturated carbocycles. The Morgan fingerprint density at radius 2 is 1.93 bits per heavy atom. The van der Waals surface area contributed by atoms with Crippen LogP contribution < -0.4 is 10.6 Å². The molecule has 1 fully saturated rings. The zero-order chi connectivity index (χ0) is 20.6. The summed E-state index contributed by atoms with van der Waals surface area (Å²) in [7, 11) is 3.43. The second kappa shape index (κ2) is 12.3. The van der Waals surface area contributed by atoms with Crippen molar-refractivity contribution in [1.29, 1.82) is 0 Å². The minimum atomic E-state index is -0.505. The van der Waals surface area contributed by atoms with E-state index in [1.807, 2.05) is 20.8 Å². The maximum absolute atomic E-state index is 12.3. The van der Waals surface area contributed by atoms with Crippen LogP contribution in [0.15, 0.2) is 4.99 Å². The van der Waals surface area contributed by atoms with E-state index in [1.165, 1.54) is 4.90 Å². The number of ether oxygens (including phenoxy) is 1. The van der Waals surface area contributed by atoms with Gasteiger partial charge in [0.05, 0.1) is 0 Å². The number of rotatable bonds is 5. The van der Waals surface area contributed by atoms with Gasteiger partial charge in [-0.05, 0) is 39.5 Å². The Hall–Kier alpha value is -1.26. The fourth-order valence-electron chi connectivity index (χ4n) is 2.52. The largest absolute Gasteiger partial charge is 0.444 e. The molecule has 9 heteroatoms. The number of carbonyl (C=O) groups is 2. The lowest BCUT2D eigenvalue weighted by atomic mass is 10.1. The van der Waals surface area contributed by atoms with Crippen LogP contribution in [0.3, 0.4) is 0 Å². The molecule has 0 aliphatic carbocycles. The quantitative estimate of drug-likeness (QED) is 0.336. The average Bonchev–Trinajstić information content (AvgIpc) is 2.55.